The summed E-state index contributed by atoms with van der Waals surface area (Å²) in [5.74, 6) is -0.718. The number of nitrogens with zero attached hydrogens (tertiary/aromatic N) is 1. The normalized spacial score (nSPS) is 13.8. The molecule has 0 atom stereocenters. The third-order valence-corrected chi connectivity index (χ3v) is 6.44. The van der Waals surface area contributed by atoms with Gasteiger partial charge in [0.15, 0.2) is 0 Å². The summed E-state index contributed by atoms with van der Waals surface area (Å²) in [5, 5.41) is 3.68. The minimum absolute atomic E-state index is 0.251. The van der Waals surface area contributed by atoms with Crippen molar-refractivity contribution < 1.29 is 9.59 Å². The fraction of sp³-hybridized carbons (Fsp3) is 0.154. The lowest BCUT2D eigenvalue weighted by molar-refractivity contribution is -0.120. The molecule has 32 heavy (non-hydrogen) atoms. The van der Waals surface area contributed by atoms with Gasteiger partial charge in [0.05, 0.1) is 5.69 Å². The number of rotatable bonds is 8. The number of hydrogen-bond acceptors (Lipinski definition) is 4. The van der Waals surface area contributed by atoms with Crippen molar-refractivity contribution in [1.82, 2.24) is 0 Å². The van der Waals surface area contributed by atoms with Crippen LogP contribution in [0, 0.1) is 0 Å². The Balaban J connectivity index is 1.67. The van der Waals surface area contributed by atoms with E-state index in [9.17, 15) is 9.59 Å². The lowest BCUT2D eigenvalue weighted by atomic mass is 10.1. The van der Waals surface area contributed by atoms with Crippen LogP contribution in [0.15, 0.2) is 94.4 Å². The van der Waals surface area contributed by atoms with Crippen LogP contribution >= 0.6 is 23.4 Å². The molecule has 6 heteroatoms. The highest BCUT2D eigenvalue weighted by atomic mass is 35.5. The molecule has 1 heterocycles. The zero-order valence-corrected chi connectivity index (χ0v) is 19.2. The van der Waals surface area contributed by atoms with Crippen LogP contribution in [0.2, 0.25) is 5.02 Å². The standard InChI is InChI=1S/C26H23ClN2O2S/c1-2-3-8-18-13-15-21(16-14-18)29-25(30)23(28-20-10-7-9-19(27)17-20)24(26(29)31)32-22-11-5-4-6-12-22/h4-7,9-17,28H,2-3,8H2,1H3. The molecule has 0 saturated heterocycles. The fourth-order valence-corrected chi connectivity index (χ4v) is 4.60. The highest BCUT2D eigenvalue weighted by molar-refractivity contribution is 8.04. The van der Waals surface area contributed by atoms with E-state index in [1.54, 1.807) is 18.2 Å². The van der Waals surface area contributed by atoms with Crippen LogP contribution < -0.4 is 10.2 Å². The third kappa shape index (κ3) is 4.90. The van der Waals surface area contributed by atoms with Crippen molar-refractivity contribution in [2.45, 2.75) is 31.1 Å². The summed E-state index contributed by atoms with van der Waals surface area (Å²) in [7, 11) is 0. The smallest absolute Gasteiger partial charge is 0.283 e. The molecular formula is C26H23ClN2O2S. The van der Waals surface area contributed by atoms with Crippen molar-refractivity contribution in [3.8, 4) is 0 Å². The van der Waals surface area contributed by atoms with Crippen LogP contribution in [0.3, 0.4) is 0 Å². The Morgan fingerprint density at radius 3 is 2.34 bits per heavy atom. The molecule has 3 aromatic rings. The van der Waals surface area contributed by atoms with E-state index in [1.165, 1.54) is 22.2 Å². The average molecular weight is 463 g/mol. The van der Waals surface area contributed by atoms with Crippen LogP contribution in [-0.2, 0) is 16.0 Å². The largest absolute Gasteiger partial charge is 0.350 e. The maximum Gasteiger partial charge on any atom is 0.283 e. The van der Waals surface area contributed by atoms with Crippen LogP contribution in [0.5, 0.6) is 0 Å². The number of carbonyl (C=O) groups excluding carboxylic acids is 2. The number of carbonyl (C=O) groups is 2. The Labute approximate surface area is 197 Å². The van der Waals surface area contributed by atoms with E-state index in [0.29, 0.717) is 21.3 Å². The highest BCUT2D eigenvalue weighted by Crippen LogP contribution is 2.38. The van der Waals surface area contributed by atoms with Crippen LogP contribution in [0.25, 0.3) is 0 Å². The zero-order valence-electron chi connectivity index (χ0n) is 17.7. The Hall–Kier alpha value is -3.02. The monoisotopic (exact) mass is 462 g/mol. The van der Waals surface area contributed by atoms with Gasteiger partial charge in [-0.1, -0.05) is 73.1 Å². The van der Waals surface area contributed by atoms with Crippen LogP contribution in [0.1, 0.15) is 25.3 Å². The van der Waals surface area contributed by atoms with E-state index in [2.05, 4.69) is 12.2 Å². The second-order valence-electron chi connectivity index (χ2n) is 7.47. The highest BCUT2D eigenvalue weighted by Gasteiger charge is 2.40. The summed E-state index contributed by atoms with van der Waals surface area (Å²) in [6.07, 6.45) is 3.20. The number of unbranched alkanes of at least 4 members (excludes halogenated alkanes) is 1. The van der Waals surface area contributed by atoms with Crippen LogP contribution in [-0.4, -0.2) is 11.8 Å². The summed E-state index contributed by atoms with van der Waals surface area (Å²) in [4.78, 5) is 29.3. The zero-order chi connectivity index (χ0) is 22.5. The minimum Gasteiger partial charge on any atom is -0.350 e. The first kappa shape index (κ1) is 22.2. The van der Waals surface area contributed by atoms with Gasteiger partial charge in [-0.05, 0) is 60.9 Å². The van der Waals surface area contributed by atoms with E-state index < -0.39 is 0 Å². The Bertz CT molecular complexity index is 1160. The van der Waals surface area contributed by atoms with Gasteiger partial charge in [0.2, 0.25) is 0 Å². The van der Waals surface area contributed by atoms with Gasteiger partial charge in [-0.3, -0.25) is 9.59 Å². The second kappa shape index (κ2) is 10.1. The van der Waals surface area contributed by atoms with Crippen LogP contribution in [0.4, 0.5) is 11.4 Å². The minimum atomic E-state index is -0.380. The number of thioether (sulfide) groups is 1. The molecule has 1 aliphatic heterocycles. The Morgan fingerprint density at radius 2 is 1.66 bits per heavy atom. The molecule has 0 radical (unpaired) electrons. The van der Waals surface area contributed by atoms with Crippen molar-refractivity contribution in [2.24, 2.45) is 0 Å². The van der Waals surface area contributed by atoms with Gasteiger partial charge in [-0.2, -0.15) is 0 Å². The molecule has 3 aromatic carbocycles. The molecule has 2 amide bonds. The lowest BCUT2D eigenvalue weighted by Crippen LogP contribution is -2.32. The van der Waals surface area contributed by atoms with E-state index in [1.807, 2.05) is 60.7 Å². The number of nitrogens with one attached hydrogen (secondary N) is 1. The molecule has 1 aliphatic rings. The Kier molecular flexibility index (Phi) is 6.98. The van der Waals surface area contributed by atoms with Crippen molar-refractivity contribution in [1.29, 1.82) is 0 Å². The van der Waals surface area contributed by atoms with Gasteiger partial charge in [-0.15, -0.1) is 0 Å². The number of amides is 2. The first-order chi connectivity index (χ1) is 15.6. The molecule has 0 fully saturated rings. The molecule has 4 rings (SSSR count). The average Bonchev–Trinajstić information content (AvgIpc) is 3.03. The fourth-order valence-electron chi connectivity index (χ4n) is 3.46. The first-order valence-corrected chi connectivity index (χ1v) is 11.7. The number of halogens is 1. The predicted octanol–water partition coefficient (Wildman–Crippen LogP) is 6.67. The summed E-state index contributed by atoms with van der Waals surface area (Å²) in [5.41, 5.74) is 2.66. The molecule has 0 unspecified atom stereocenters. The van der Waals surface area contributed by atoms with Gasteiger partial charge in [0, 0.05) is 15.6 Å². The topological polar surface area (TPSA) is 49.4 Å². The van der Waals surface area contributed by atoms with Gasteiger partial charge < -0.3 is 5.32 Å². The molecule has 162 valence electrons. The van der Waals surface area contributed by atoms with Crippen molar-refractivity contribution >= 4 is 46.6 Å². The van der Waals surface area contributed by atoms with Gasteiger partial charge >= 0.3 is 0 Å². The number of imide groups is 1. The molecular weight excluding hydrogens is 440 g/mol. The van der Waals surface area contributed by atoms with E-state index in [0.717, 1.165) is 24.2 Å². The van der Waals surface area contributed by atoms with Crippen molar-refractivity contribution in [3.63, 3.8) is 0 Å². The Morgan fingerprint density at radius 1 is 0.906 bits per heavy atom. The molecule has 1 N–H and O–H groups in total. The van der Waals surface area contributed by atoms with Gasteiger partial charge in [-0.25, -0.2) is 4.90 Å². The molecule has 4 nitrogen and oxygen atoms in total. The van der Waals surface area contributed by atoms with E-state index >= 15 is 0 Å². The SMILES string of the molecule is CCCCc1ccc(N2C(=O)C(Nc3cccc(Cl)c3)=C(Sc3ccccc3)C2=O)cc1. The van der Waals surface area contributed by atoms with Crippen molar-refractivity contribution in [2.75, 3.05) is 10.2 Å². The summed E-state index contributed by atoms with van der Waals surface area (Å²) in [6, 6.07) is 24.3. The third-order valence-electron chi connectivity index (χ3n) is 5.11. The summed E-state index contributed by atoms with van der Waals surface area (Å²) < 4.78 is 0. The molecule has 0 aromatic heterocycles. The number of aryl methyl sites for hydroxylation is 1. The first-order valence-electron chi connectivity index (χ1n) is 10.5. The number of hydrogen-bond donors (Lipinski definition) is 1. The maximum absolute atomic E-state index is 13.4. The number of anilines is 2. The maximum atomic E-state index is 13.4. The molecule has 0 aliphatic carbocycles. The number of benzene rings is 3. The molecule has 0 saturated carbocycles. The summed E-state index contributed by atoms with van der Waals surface area (Å²) in [6.45, 7) is 2.15. The molecule has 0 bridgehead atoms. The molecule has 0 spiro atoms. The van der Waals surface area contributed by atoms with E-state index in [4.69, 9.17) is 11.6 Å². The van der Waals surface area contributed by atoms with E-state index in [-0.39, 0.29) is 17.5 Å². The predicted molar refractivity (Wildman–Crippen MR) is 132 cm³/mol. The summed E-state index contributed by atoms with van der Waals surface area (Å²) >= 11 is 7.39. The van der Waals surface area contributed by atoms with Crippen molar-refractivity contribution in [3.05, 3.63) is 100 Å². The quantitative estimate of drug-likeness (QED) is 0.380. The lowest BCUT2D eigenvalue weighted by Gasteiger charge is -2.16. The van der Waals surface area contributed by atoms with Gasteiger partial charge in [0.1, 0.15) is 10.6 Å². The second-order valence-corrected chi connectivity index (χ2v) is 8.99. The van der Waals surface area contributed by atoms with Gasteiger partial charge in [0.25, 0.3) is 11.8 Å².